The molecule has 124 valence electrons. The van der Waals surface area contributed by atoms with Crippen LogP contribution in [0.15, 0.2) is 24.5 Å². The van der Waals surface area contributed by atoms with Crippen molar-refractivity contribution in [3.63, 3.8) is 0 Å². The molecule has 0 aliphatic carbocycles. The van der Waals surface area contributed by atoms with Crippen LogP contribution in [0.4, 0.5) is 0 Å². The van der Waals surface area contributed by atoms with Crippen molar-refractivity contribution in [3.8, 4) is 0 Å². The maximum Gasteiger partial charge on any atom is 0.173 e. The quantitative estimate of drug-likeness (QED) is 0.929. The van der Waals surface area contributed by atoms with Crippen molar-refractivity contribution in [2.75, 3.05) is 26.4 Å². The van der Waals surface area contributed by atoms with Gasteiger partial charge >= 0.3 is 0 Å². The topological polar surface area (TPSA) is 57.0 Å². The lowest BCUT2D eigenvalue weighted by atomic mass is 10.1. The van der Waals surface area contributed by atoms with Crippen LogP contribution in [0, 0.1) is 6.92 Å². The van der Waals surface area contributed by atoms with Crippen molar-refractivity contribution in [1.29, 1.82) is 0 Å². The smallest absolute Gasteiger partial charge is 0.173 e. The van der Waals surface area contributed by atoms with Gasteiger partial charge in [0.15, 0.2) is 5.79 Å². The average Bonchev–Trinajstić information content (AvgIpc) is 3.13. The number of nitrogens with one attached hydrogen (secondary N) is 1. The number of nitrogens with zero attached hydrogens (tertiary/aromatic N) is 2. The summed E-state index contributed by atoms with van der Waals surface area (Å²) in [4.78, 5) is 4.43. The van der Waals surface area contributed by atoms with Crippen LogP contribution in [0.5, 0.6) is 0 Å². The molecule has 2 aromatic rings. The number of aryl methyl sites for hydroxylation is 1. The van der Waals surface area contributed by atoms with Gasteiger partial charge in [0.1, 0.15) is 5.65 Å². The summed E-state index contributed by atoms with van der Waals surface area (Å²) >= 11 is 0. The fraction of sp³-hybridized carbons (Fsp3) is 0.588. The standard InChI is InChI=1S/C17H23N3O3/c1-13-2-3-16-19-9-14(20(16)11-13)8-18-10-15-12-22-17(23-15)4-6-21-7-5-17/h2-3,9,11,15,18H,4-8,10,12H2,1H3. The molecule has 0 radical (unpaired) electrons. The van der Waals surface area contributed by atoms with Gasteiger partial charge in [-0.2, -0.15) is 0 Å². The highest BCUT2D eigenvalue weighted by atomic mass is 16.7. The summed E-state index contributed by atoms with van der Waals surface area (Å²) in [5.74, 6) is -0.398. The fourth-order valence-corrected chi connectivity index (χ4v) is 3.29. The van der Waals surface area contributed by atoms with Crippen LogP contribution in [-0.2, 0) is 20.8 Å². The van der Waals surface area contributed by atoms with E-state index in [1.54, 1.807) is 0 Å². The molecule has 6 heteroatoms. The van der Waals surface area contributed by atoms with Crippen LogP contribution in [-0.4, -0.2) is 47.6 Å². The minimum atomic E-state index is -0.398. The average molecular weight is 317 g/mol. The number of hydrogen-bond acceptors (Lipinski definition) is 5. The van der Waals surface area contributed by atoms with E-state index in [4.69, 9.17) is 14.2 Å². The largest absolute Gasteiger partial charge is 0.381 e. The molecule has 0 aromatic carbocycles. The summed E-state index contributed by atoms with van der Waals surface area (Å²) in [5.41, 5.74) is 3.36. The first kappa shape index (κ1) is 15.1. The van der Waals surface area contributed by atoms with Gasteiger partial charge in [0.05, 0.1) is 37.8 Å². The molecule has 2 saturated heterocycles. The number of hydrogen-bond donors (Lipinski definition) is 1. The Hall–Kier alpha value is -1.47. The number of pyridine rings is 1. The Morgan fingerprint density at radius 1 is 1.35 bits per heavy atom. The third kappa shape index (κ3) is 3.12. The Morgan fingerprint density at radius 2 is 2.22 bits per heavy atom. The summed E-state index contributed by atoms with van der Waals surface area (Å²) in [6.45, 7) is 5.73. The Morgan fingerprint density at radius 3 is 3.09 bits per heavy atom. The molecule has 0 bridgehead atoms. The second-order valence-corrected chi connectivity index (χ2v) is 6.39. The molecule has 1 spiro atoms. The van der Waals surface area contributed by atoms with Gasteiger partial charge in [-0.3, -0.25) is 0 Å². The highest BCUT2D eigenvalue weighted by Gasteiger charge is 2.42. The van der Waals surface area contributed by atoms with Gasteiger partial charge in [-0.25, -0.2) is 4.98 Å². The van der Waals surface area contributed by atoms with Crippen molar-refractivity contribution < 1.29 is 14.2 Å². The molecule has 1 N–H and O–H groups in total. The van der Waals surface area contributed by atoms with Gasteiger partial charge in [0, 0.05) is 32.1 Å². The summed E-state index contributed by atoms with van der Waals surface area (Å²) in [5, 5.41) is 3.47. The molecule has 23 heavy (non-hydrogen) atoms. The SMILES string of the molecule is Cc1ccc2ncc(CNCC3COC4(CCOCC4)O3)n2c1. The van der Waals surface area contributed by atoms with Crippen molar-refractivity contribution >= 4 is 5.65 Å². The number of ether oxygens (including phenoxy) is 3. The summed E-state index contributed by atoms with van der Waals surface area (Å²) in [6, 6.07) is 4.12. The lowest BCUT2D eigenvalue weighted by Crippen LogP contribution is -2.39. The molecule has 4 rings (SSSR count). The number of imidazole rings is 1. The lowest BCUT2D eigenvalue weighted by Gasteiger charge is -2.31. The van der Waals surface area contributed by atoms with Gasteiger partial charge in [0.2, 0.25) is 0 Å². The molecule has 1 unspecified atom stereocenters. The van der Waals surface area contributed by atoms with E-state index in [0.29, 0.717) is 6.61 Å². The Bertz CT molecular complexity index is 679. The van der Waals surface area contributed by atoms with E-state index in [2.05, 4.69) is 33.9 Å². The fourth-order valence-electron chi connectivity index (χ4n) is 3.29. The molecule has 2 aromatic heterocycles. The number of aromatic nitrogens is 2. The van der Waals surface area contributed by atoms with Crippen LogP contribution in [0.3, 0.4) is 0 Å². The minimum absolute atomic E-state index is 0.106. The first-order valence-electron chi connectivity index (χ1n) is 8.27. The Labute approximate surface area is 135 Å². The third-order valence-electron chi connectivity index (χ3n) is 4.58. The lowest BCUT2D eigenvalue weighted by molar-refractivity contribution is -0.210. The van der Waals surface area contributed by atoms with Gasteiger partial charge in [-0.15, -0.1) is 0 Å². The van der Waals surface area contributed by atoms with Gasteiger partial charge < -0.3 is 23.9 Å². The zero-order valence-electron chi connectivity index (χ0n) is 13.5. The summed E-state index contributed by atoms with van der Waals surface area (Å²) < 4.78 is 19.6. The van der Waals surface area contributed by atoms with E-state index in [0.717, 1.165) is 50.5 Å². The molecule has 6 nitrogen and oxygen atoms in total. The maximum absolute atomic E-state index is 6.13. The first-order chi connectivity index (χ1) is 11.2. The molecular weight excluding hydrogens is 294 g/mol. The second-order valence-electron chi connectivity index (χ2n) is 6.39. The van der Waals surface area contributed by atoms with Gasteiger partial charge in [0.25, 0.3) is 0 Å². The van der Waals surface area contributed by atoms with E-state index < -0.39 is 5.79 Å². The molecule has 2 fully saturated rings. The first-order valence-corrected chi connectivity index (χ1v) is 8.27. The van der Waals surface area contributed by atoms with Crippen molar-refractivity contribution in [1.82, 2.24) is 14.7 Å². The van der Waals surface area contributed by atoms with Crippen LogP contribution in [0.2, 0.25) is 0 Å². The summed E-state index contributed by atoms with van der Waals surface area (Å²) in [7, 11) is 0. The molecule has 2 aliphatic heterocycles. The molecule has 2 aliphatic rings. The zero-order valence-corrected chi connectivity index (χ0v) is 13.5. The molecular formula is C17H23N3O3. The number of fused-ring (bicyclic) bond motifs is 1. The van der Waals surface area contributed by atoms with E-state index in [1.807, 2.05) is 12.3 Å². The van der Waals surface area contributed by atoms with E-state index in [9.17, 15) is 0 Å². The third-order valence-corrected chi connectivity index (χ3v) is 4.58. The van der Waals surface area contributed by atoms with Crippen LogP contribution in [0.25, 0.3) is 5.65 Å². The van der Waals surface area contributed by atoms with Gasteiger partial charge in [-0.05, 0) is 18.6 Å². The van der Waals surface area contributed by atoms with Crippen LogP contribution >= 0.6 is 0 Å². The Balaban J connectivity index is 1.32. The molecule has 4 heterocycles. The molecule has 0 saturated carbocycles. The van der Waals surface area contributed by atoms with E-state index in [1.165, 1.54) is 5.56 Å². The maximum atomic E-state index is 6.13. The highest BCUT2D eigenvalue weighted by molar-refractivity contribution is 5.41. The predicted octanol–water partition coefficient (Wildman–Crippen LogP) is 1.65. The van der Waals surface area contributed by atoms with Crippen molar-refractivity contribution in [3.05, 3.63) is 35.8 Å². The summed E-state index contributed by atoms with van der Waals surface area (Å²) in [6.07, 6.45) is 5.81. The molecule has 1 atom stereocenters. The normalized spacial score (nSPS) is 23.8. The van der Waals surface area contributed by atoms with Crippen molar-refractivity contribution in [2.24, 2.45) is 0 Å². The second kappa shape index (κ2) is 6.20. The molecule has 0 amide bonds. The Kier molecular flexibility index (Phi) is 4.07. The zero-order chi connectivity index (χ0) is 15.7. The number of rotatable bonds is 4. The monoisotopic (exact) mass is 317 g/mol. The highest BCUT2D eigenvalue weighted by Crippen LogP contribution is 2.32. The predicted molar refractivity (Wildman–Crippen MR) is 85.2 cm³/mol. The van der Waals surface area contributed by atoms with Gasteiger partial charge in [-0.1, -0.05) is 6.07 Å². The van der Waals surface area contributed by atoms with E-state index >= 15 is 0 Å². The van der Waals surface area contributed by atoms with E-state index in [-0.39, 0.29) is 6.10 Å². The minimum Gasteiger partial charge on any atom is -0.381 e. The van der Waals surface area contributed by atoms with Crippen LogP contribution in [0.1, 0.15) is 24.1 Å². The van der Waals surface area contributed by atoms with Crippen molar-refractivity contribution in [2.45, 2.75) is 38.2 Å². The van der Waals surface area contributed by atoms with Crippen LogP contribution < -0.4 is 5.32 Å².